The van der Waals surface area contributed by atoms with Crippen molar-refractivity contribution in [2.24, 2.45) is 0 Å². The highest BCUT2D eigenvalue weighted by molar-refractivity contribution is 5.87. The van der Waals surface area contributed by atoms with Gasteiger partial charge in [-0.3, -0.25) is 0 Å². The predicted molar refractivity (Wildman–Crippen MR) is 163 cm³/mol. The standard InChI is InChI=1S/C37H42O2/c1-9-35(3,4)27-15-21-31-32-22-16-28(36(5,6)10-2)24-34(32)37(33(31)23-27,25-11-17-29(38-7)18-12-25)26-13-19-30(39-8)20-14-26/h11-24H,9-10H2,1-8H3. The van der Waals surface area contributed by atoms with Crippen LogP contribution < -0.4 is 9.47 Å². The largest absolute Gasteiger partial charge is 0.497 e. The number of hydrogen-bond acceptors (Lipinski definition) is 2. The molecular weight excluding hydrogens is 476 g/mol. The number of rotatable bonds is 8. The molecule has 0 N–H and O–H groups in total. The first kappa shape index (κ1) is 27.1. The summed E-state index contributed by atoms with van der Waals surface area (Å²) in [7, 11) is 3.46. The van der Waals surface area contributed by atoms with Crippen LogP contribution in [0.15, 0.2) is 84.9 Å². The summed E-state index contributed by atoms with van der Waals surface area (Å²) < 4.78 is 11.2. The number of hydrogen-bond donors (Lipinski definition) is 0. The summed E-state index contributed by atoms with van der Waals surface area (Å²) in [4.78, 5) is 0. The van der Waals surface area contributed by atoms with Gasteiger partial charge in [-0.25, -0.2) is 0 Å². The molecule has 0 aliphatic heterocycles. The van der Waals surface area contributed by atoms with Crippen LogP contribution in [-0.4, -0.2) is 14.2 Å². The Kier molecular flexibility index (Phi) is 6.87. The fourth-order valence-corrected chi connectivity index (χ4v) is 6.04. The smallest absolute Gasteiger partial charge is 0.118 e. The molecule has 4 aromatic rings. The molecule has 5 rings (SSSR count). The Bertz CT molecular complexity index is 1360. The van der Waals surface area contributed by atoms with E-state index >= 15 is 0 Å². The van der Waals surface area contributed by atoms with Crippen molar-refractivity contribution in [3.63, 3.8) is 0 Å². The highest BCUT2D eigenvalue weighted by Gasteiger charge is 2.47. The zero-order chi connectivity index (χ0) is 28.0. The zero-order valence-electron chi connectivity index (χ0n) is 24.8. The van der Waals surface area contributed by atoms with E-state index < -0.39 is 5.41 Å². The van der Waals surface area contributed by atoms with E-state index in [1.807, 2.05) is 0 Å². The molecule has 39 heavy (non-hydrogen) atoms. The molecule has 0 atom stereocenters. The molecular formula is C37H42O2. The molecule has 0 fully saturated rings. The monoisotopic (exact) mass is 518 g/mol. The number of fused-ring (bicyclic) bond motifs is 3. The minimum atomic E-state index is -0.469. The first-order chi connectivity index (χ1) is 18.6. The summed E-state index contributed by atoms with van der Waals surface area (Å²) >= 11 is 0. The molecule has 0 radical (unpaired) electrons. The van der Waals surface area contributed by atoms with Crippen LogP contribution in [0, 0.1) is 0 Å². The highest BCUT2D eigenvalue weighted by Crippen LogP contribution is 2.57. The van der Waals surface area contributed by atoms with Crippen LogP contribution in [0.5, 0.6) is 11.5 Å². The van der Waals surface area contributed by atoms with Gasteiger partial charge in [0.15, 0.2) is 0 Å². The van der Waals surface area contributed by atoms with Crippen molar-refractivity contribution < 1.29 is 9.47 Å². The first-order valence-electron chi connectivity index (χ1n) is 14.2. The second kappa shape index (κ2) is 9.90. The van der Waals surface area contributed by atoms with E-state index in [1.165, 1.54) is 44.5 Å². The summed E-state index contributed by atoms with van der Waals surface area (Å²) in [5.41, 5.74) is 10.2. The van der Waals surface area contributed by atoms with Crippen molar-refractivity contribution in [2.75, 3.05) is 14.2 Å². The lowest BCUT2D eigenvalue weighted by Crippen LogP contribution is -2.30. The molecule has 2 heteroatoms. The van der Waals surface area contributed by atoms with Crippen LogP contribution in [-0.2, 0) is 16.2 Å². The van der Waals surface area contributed by atoms with Gasteiger partial charge in [0.25, 0.3) is 0 Å². The Morgan fingerprint density at radius 1 is 0.538 bits per heavy atom. The van der Waals surface area contributed by atoms with E-state index in [1.54, 1.807) is 14.2 Å². The van der Waals surface area contributed by atoms with E-state index in [4.69, 9.17) is 9.47 Å². The summed E-state index contributed by atoms with van der Waals surface area (Å²) in [6, 6.07) is 31.7. The van der Waals surface area contributed by atoms with Gasteiger partial charge in [-0.1, -0.05) is 102 Å². The molecule has 0 saturated carbocycles. The Balaban J connectivity index is 1.93. The Morgan fingerprint density at radius 2 is 0.897 bits per heavy atom. The van der Waals surface area contributed by atoms with Gasteiger partial charge in [-0.15, -0.1) is 0 Å². The Morgan fingerprint density at radius 3 is 1.21 bits per heavy atom. The van der Waals surface area contributed by atoms with E-state index in [9.17, 15) is 0 Å². The molecule has 0 amide bonds. The first-order valence-corrected chi connectivity index (χ1v) is 14.2. The van der Waals surface area contributed by atoms with Crippen molar-refractivity contribution in [3.05, 3.63) is 118 Å². The van der Waals surface area contributed by atoms with E-state index in [0.717, 1.165) is 24.3 Å². The van der Waals surface area contributed by atoms with Gasteiger partial charge < -0.3 is 9.47 Å². The molecule has 0 aromatic heterocycles. The Hall–Kier alpha value is -3.52. The molecule has 0 bridgehead atoms. The fraction of sp³-hybridized carbons (Fsp3) is 0.351. The molecule has 2 nitrogen and oxygen atoms in total. The van der Waals surface area contributed by atoms with E-state index in [0.29, 0.717) is 0 Å². The molecule has 1 aliphatic carbocycles. The van der Waals surface area contributed by atoms with Gasteiger partial charge in [0.2, 0.25) is 0 Å². The number of methoxy groups -OCH3 is 2. The maximum atomic E-state index is 5.58. The van der Waals surface area contributed by atoms with Crippen LogP contribution in [0.3, 0.4) is 0 Å². The van der Waals surface area contributed by atoms with Crippen LogP contribution >= 0.6 is 0 Å². The van der Waals surface area contributed by atoms with Crippen molar-refractivity contribution in [1.82, 2.24) is 0 Å². The third kappa shape index (κ3) is 4.25. The van der Waals surface area contributed by atoms with Gasteiger partial charge in [0.1, 0.15) is 11.5 Å². The average molecular weight is 519 g/mol. The summed E-state index contributed by atoms with van der Waals surface area (Å²) in [5.74, 6) is 1.73. The summed E-state index contributed by atoms with van der Waals surface area (Å²) in [6.07, 6.45) is 2.15. The van der Waals surface area contributed by atoms with Crippen LogP contribution in [0.1, 0.15) is 87.8 Å². The van der Waals surface area contributed by atoms with Gasteiger partial charge in [0.05, 0.1) is 19.6 Å². The quantitative estimate of drug-likeness (QED) is 0.204. The van der Waals surface area contributed by atoms with Gasteiger partial charge in [-0.2, -0.15) is 0 Å². The topological polar surface area (TPSA) is 18.5 Å². The normalized spacial score (nSPS) is 14.1. The third-order valence-electron chi connectivity index (χ3n) is 9.51. The van der Waals surface area contributed by atoms with Crippen molar-refractivity contribution in [2.45, 2.75) is 70.6 Å². The third-order valence-corrected chi connectivity index (χ3v) is 9.51. The molecule has 0 heterocycles. The zero-order valence-corrected chi connectivity index (χ0v) is 24.8. The number of ether oxygens (including phenoxy) is 2. The van der Waals surface area contributed by atoms with Crippen LogP contribution in [0.4, 0.5) is 0 Å². The minimum Gasteiger partial charge on any atom is -0.497 e. The van der Waals surface area contributed by atoms with Crippen molar-refractivity contribution in [1.29, 1.82) is 0 Å². The maximum Gasteiger partial charge on any atom is 0.118 e. The van der Waals surface area contributed by atoms with Gasteiger partial charge in [0, 0.05) is 0 Å². The molecule has 202 valence electrons. The SMILES string of the molecule is CCC(C)(C)c1ccc2c(c1)C(c1ccc(OC)cc1)(c1ccc(OC)cc1)c1cc(C(C)(C)CC)ccc1-2. The van der Waals surface area contributed by atoms with E-state index in [-0.39, 0.29) is 10.8 Å². The molecule has 0 saturated heterocycles. The number of benzene rings is 4. The van der Waals surface area contributed by atoms with Crippen molar-refractivity contribution in [3.8, 4) is 22.6 Å². The van der Waals surface area contributed by atoms with Crippen molar-refractivity contribution >= 4 is 0 Å². The fourth-order valence-electron chi connectivity index (χ4n) is 6.04. The Labute approximate surface area is 235 Å². The lowest BCUT2D eigenvalue weighted by molar-refractivity contribution is 0.414. The van der Waals surface area contributed by atoms with Crippen LogP contribution in [0.2, 0.25) is 0 Å². The lowest BCUT2D eigenvalue weighted by Gasteiger charge is -2.36. The molecule has 0 spiro atoms. The molecule has 0 unspecified atom stereocenters. The second-order valence-corrected chi connectivity index (χ2v) is 12.2. The summed E-state index contributed by atoms with van der Waals surface area (Å²) in [6.45, 7) is 14.0. The highest BCUT2D eigenvalue weighted by atomic mass is 16.5. The minimum absolute atomic E-state index is 0.0741. The van der Waals surface area contributed by atoms with E-state index in [2.05, 4.69) is 126 Å². The average Bonchev–Trinajstić information content (AvgIpc) is 3.27. The maximum absolute atomic E-state index is 5.58. The van der Waals surface area contributed by atoms with Crippen LogP contribution in [0.25, 0.3) is 11.1 Å². The van der Waals surface area contributed by atoms with Gasteiger partial charge >= 0.3 is 0 Å². The van der Waals surface area contributed by atoms with Gasteiger partial charge in [-0.05, 0) is 92.4 Å². The lowest BCUT2D eigenvalue weighted by atomic mass is 9.66. The predicted octanol–water partition coefficient (Wildman–Crippen LogP) is 9.44. The molecule has 1 aliphatic rings. The molecule has 4 aromatic carbocycles. The summed E-state index contributed by atoms with van der Waals surface area (Å²) in [5, 5.41) is 0. The second-order valence-electron chi connectivity index (χ2n) is 12.2.